The molecule has 4 heteroatoms. The summed E-state index contributed by atoms with van der Waals surface area (Å²) in [4.78, 5) is 0. The molecule has 0 saturated carbocycles. The van der Waals surface area contributed by atoms with Crippen molar-refractivity contribution in [3.8, 4) is 5.75 Å². The lowest BCUT2D eigenvalue weighted by Crippen LogP contribution is -2.23. The van der Waals surface area contributed by atoms with E-state index in [-0.39, 0.29) is 11.6 Å². The van der Waals surface area contributed by atoms with Gasteiger partial charge in [-0.15, -0.1) is 0 Å². The molecule has 1 unspecified atom stereocenters. The molecule has 0 aliphatic carbocycles. The van der Waals surface area contributed by atoms with Crippen LogP contribution in [0.25, 0.3) is 0 Å². The highest BCUT2D eigenvalue weighted by Crippen LogP contribution is 2.29. The molecule has 2 aromatic rings. The number of nitrogens with one attached hydrogen (secondary N) is 1. The molecule has 1 N–H and O–H groups in total. The van der Waals surface area contributed by atoms with Crippen LogP contribution in [0.2, 0.25) is 0 Å². The SMILES string of the molecule is CNC(C)c1ccc(OCC(F)(F)c2ccccc2)cc1. The minimum atomic E-state index is -3.00. The summed E-state index contributed by atoms with van der Waals surface area (Å²) >= 11 is 0. The van der Waals surface area contributed by atoms with Gasteiger partial charge >= 0.3 is 5.92 Å². The van der Waals surface area contributed by atoms with Crippen LogP contribution in [0.15, 0.2) is 54.6 Å². The minimum absolute atomic E-state index is 0.0366. The van der Waals surface area contributed by atoms with Gasteiger partial charge in [0.15, 0.2) is 6.61 Å². The lowest BCUT2D eigenvalue weighted by atomic mass is 10.1. The maximum absolute atomic E-state index is 14.0. The summed E-state index contributed by atoms with van der Waals surface area (Å²) in [5.41, 5.74) is 1.05. The van der Waals surface area contributed by atoms with E-state index in [2.05, 4.69) is 5.32 Å². The van der Waals surface area contributed by atoms with Crippen molar-refractivity contribution in [2.24, 2.45) is 0 Å². The Bertz CT molecular complexity index is 555. The number of halogens is 2. The van der Waals surface area contributed by atoms with Crippen LogP contribution in [-0.2, 0) is 5.92 Å². The zero-order valence-electron chi connectivity index (χ0n) is 12.1. The van der Waals surface area contributed by atoms with Crippen molar-refractivity contribution in [1.29, 1.82) is 0 Å². The molecule has 0 fully saturated rings. The number of hydrogen-bond donors (Lipinski definition) is 1. The fourth-order valence-corrected chi connectivity index (χ4v) is 1.96. The lowest BCUT2D eigenvalue weighted by Gasteiger charge is -2.18. The van der Waals surface area contributed by atoms with Gasteiger partial charge in [-0.3, -0.25) is 0 Å². The third-order valence-electron chi connectivity index (χ3n) is 3.43. The lowest BCUT2D eigenvalue weighted by molar-refractivity contribution is -0.0467. The van der Waals surface area contributed by atoms with E-state index < -0.39 is 12.5 Å². The first-order valence-electron chi connectivity index (χ1n) is 6.86. The van der Waals surface area contributed by atoms with E-state index in [1.54, 1.807) is 30.3 Å². The molecule has 0 saturated heterocycles. The fourth-order valence-electron chi connectivity index (χ4n) is 1.96. The normalized spacial score (nSPS) is 13.0. The average Bonchev–Trinajstić information content (AvgIpc) is 2.53. The van der Waals surface area contributed by atoms with Gasteiger partial charge in [-0.2, -0.15) is 8.78 Å². The van der Waals surface area contributed by atoms with Crippen LogP contribution < -0.4 is 10.1 Å². The Morgan fingerprint density at radius 3 is 2.24 bits per heavy atom. The van der Waals surface area contributed by atoms with E-state index in [1.165, 1.54) is 12.1 Å². The number of hydrogen-bond acceptors (Lipinski definition) is 2. The average molecular weight is 291 g/mol. The minimum Gasteiger partial charge on any atom is -0.487 e. The molecule has 2 rings (SSSR count). The summed E-state index contributed by atoms with van der Waals surface area (Å²) in [6.45, 7) is 1.36. The van der Waals surface area contributed by atoms with E-state index in [1.807, 2.05) is 26.1 Å². The Hall–Kier alpha value is -1.94. The maximum Gasteiger partial charge on any atom is 0.306 e. The molecule has 0 amide bonds. The third-order valence-corrected chi connectivity index (χ3v) is 3.43. The summed E-state index contributed by atoms with van der Waals surface area (Å²) in [6.07, 6.45) is 0. The van der Waals surface area contributed by atoms with Crippen LogP contribution >= 0.6 is 0 Å². The van der Waals surface area contributed by atoms with Gasteiger partial charge in [0.2, 0.25) is 0 Å². The van der Waals surface area contributed by atoms with Gasteiger partial charge in [0, 0.05) is 11.6 Å². The number of ether oxygens (including phenoxy) is 1. The van der Waals surface area contributed by atoms with Crippen molar-refractivity contribution < 1.29 is 13.5 Å². The second-order valence-corrected chi connectivity index (χ2v) is 4.94. The predicted molar refractivity (Wildman–Crippen MR) is 79.7 cm³/mol. The summed E-state index contributed by atoms with van der Waals surface area (Å²) in [5.74, 6) is -2.56. The number of rotatable bonds is 6. The van der Waals surface area contributed by atoms with E-state index >= 15 is 0 Å². The zero-order valence-corrected chi connectivity index (χ0v) is 12.1. The molecule has 0 aliphatic rings. The monoisotopic (exact) mass is 291 g/mol. The summed E-state index contributed by atoms with van der Waals surface area (Å²) in [7, 11) is 1.87. The van der Waals surface area contributed by atoms with E-state index in [0.717, 1.165) is 5.56 Å². The van der Waals surface area contributed by atoms with Gasteiger partial charge in [-0.05, 0) is 31.7 Å². The first-order valence-corrected chi connectivity index (χ1v) is 6.86. The highest BCUT2D eigenvalue weighted by atomic mass is 19.3. The molecule has 0 bridgehead atoms. The third kappa shape index (κ3) is 4.02. The van der Waals surface area contributed by atoms with Gasteiger partial charge in [0.25, 0.3) is 0 Å². The molecule has 0 heterocycles. The fraction of sp³-hybridized carbons (Fsp3) is 0.294. The van der Waals surface area contributed by atoms with Crippen LogP contribution in [0.1, 0.15) is 24.1 Å². The molecule has 21 heavy (non-hydrogen) atoms. The largest absolute Gasteiger partial charge is 0.487 e. The predicted octanol–water partition coefficient (Wildman–Crippen LogP) is 4.14. The quantitative estimate of drug-likeness (QED) is 0.863. The van der Waals surface area contributed by atoms with Crippen LogP contribution in [0.4, 0.5) is 8.78 Å². The van der Waals surface area contributed by atoms with Crippen molar-refractivity contribution in [2.45, 2.75) is 18.9 Å². The zero-order chi connectivity index (χ0) is 15.3. The van der Waals surface area contributed by atoms with Crippen molar-refractivity contribution in [3.05, 3.63) is 65.7 Å². The van der Waals surface area contributed by atoms with Crippen molar-refractivity contribution in [1.82, 2.24) is 5.32 Å². The molecule has 0 aromatic heterocycles. The standard InChI is InChI=1S/C17H19F2NO/c1-13(20-2)14-8-10-16(11-9-14)21-12-17(18,19)15-6-4-3-5-7-15/h3-11,13,20H,12H2,1-2H3. The number of benzene rings is 2. The topological polar surface area (TPSA) is 21.3 Å². The van der Waals surface area contributed by atoms with E-state index in [4.69, 9.17) is 4.74 Å². The van der Waals surface area contributed by atoms with E-state index in [9.17, 15) is 8.78 Å². The molecule has 1 atom stereocenters. The maximum atomic E-state index is 14.0. The van der Waals surface area contributed by atoms with Gasteiger partial charge in [-0.1, -0.05) is 42.5 Å². The van der Waals surface area contributed by atoms with Crippen LogP contribution in [-0.4, -0.2) is 13.7 Å². The molecule has 2 aromatic carbocycles. The second kappa shape index (κ2) is 6.68. The van der Waals surface area contributed by atoms with Gasteiger partial charge in [0.05, 0.1) is 0 Å². The molecule has 2 nitrogen and oxygen atoms in total. The molecule has 112 valence electrons. The molecular formula is C17H19F2NO. The molecule has 0 aliphatic heterocycles. The Balaban J connectivity index is 1.99. The highest BCUT2D eigenvalue weighted by Gasteiger charge is 2.32. The summed E-state index contributed by atoms with van der Waals surface area (Å²) in [6, 6.07) is 15.1. The van der Waals surface area contributed by atoms with Gasteiger partial charge in [-0.25, -0.2) is 0 Å². The van der Waals surface area contributed by atoms with Crippen LogP contribution in [0.5, 0.6) is 5.75 Å². The van der Waals surface area contributed by atoms with Gasteiger partial charge in [0.1, 0.15) is 5.75 Å². The Labute approximate surface area is 123 Å². The Morgan fingerprint density at radius 1 is 1.05 bits per heavy atom. The summed E-state index contributed by atoms with van der Waals surface area (Å²) < 4.78 is 33.2. The highest BCUT2D eigenvalue weighted by molar-refractivity contribution is 5.29. The van der Waals surface area contributed by atoms with Crippen LogP contribution in [0, 0.1) is 0 Å². The van der Waals surface area contributed by atoms with Crippen molar-refractivity contribution >= 4 is 0 Å². The molecule has 0 radical (unpaired) electrons. The molecular weight excluding hydrogens is 272 g/mol. The second-order valence-electron chi connectivity index (χ2n) is 4.94. The molecule has 0 spiro atoms. The first-order chi connectivity index (χ1) is 10.0. The van der Waals surface area contributed by atoms with Gasteiger partial charge < -0.3 is 10.1 Å². The first kappa shape index (κ1) is 15.4. The Morgan fingerprint density at radius 2 is 1.67 bits per heavy atom. The van der Waals surface area contributed by atoms with E-state index in [0.29, 0.717) is 5.75 Å². The van der Waals surface area contributed by atoms with Crippen molar-refractivity contribution in [2.75, 3.05) is 13.7 Å². The van der Waals surface area contributed by atoms with Crippen LogP contribution in [0.3, 0.4) is 0 Å². The van der Waals surface area contributed by atoms with Crippen molar-refractivity contribution in [3.63, 3.8) is 0 Å². The summed E-state index contributed by atoms with van der Waals surface area (Å²) in [5, 5.41) is 3.12. The smallest absolute Gasteiger partial charge is 0.306 e. The number of alkyl halides is 2. The Kier molecular flexibility index (Phi) is 4.91.